The van der Waals surface area contributed by atoms with E-state index in [-0.39, 0.29) is 30.8 Å². The molecule has 0 aromatic heterocycles. The maximum absolute atomic E-state index is 12.7. The van der Waals surface area contributed by atoms with E-state index in [0.717, 1.165) is 48.1 Å². The second kappa shape index (κ2) is 9.92. The molecular formula is C26H30O5S. The molecule has 6 heteroatoms. The first-order valence-electron chi connectivity index (χ1n) is 11.2. The topological polar surface area (TPSA) is 72.8 Å². The van der Waals surface area contributed by atoms with Gasteiger partial charge in [-0.1, -0.05) is 61.4 Å². The summed E-state index contributed by atoms with van der Waals surface area (Å²) in [6.45, 7) is 2.62. The van der Waals surface area contributed by atoms with Gasteiger partial charge in [0.1, 0.15) is 23.4 Å². The summed E-state index contributed by atoms with van der Waals surface area (Å²) < 4.78 is 37.3. The monoisotopic (exact) mass is 454 g/mol. The summed E-state index contributed by atoms with van der Waals surface area (Å²) in [7, 11) is -3.24. The summed E-state index contributed by atoms with van der Waals surface area (Å²) in [6, 6.07) is 16.8. The number of phenols is 1. The van der Waals surface area contributed by atoms with E-state index in [1.165, 1.54) is 5.57 Å². The van der Waals surface area contributed by atoms with Gasteiger partial charge in [-0.3, -0.25) is 0 Å². The number of fused-ring (bicyclic) bond motifs is 1. The molecule has 4 rings (SSSR count). The minimum atomic E-state index is -3.24. The van der Waals surface area contributed by atoms with Crippen molar-refractivity contribution in [2.24, 2.45) is 0 Å². The quantitative estimate of drug-likeness (QED) is 0.544. The lowest BCUT2D eigenvalue weighted by Crippen LogP contribution is -2.19. The molecule has 0 radical (unpaired) electrons. The number of hydrogen-bond acceptors (Lipinski definition) is 5. The molecule has 1 saturated heterocycles. The summed E-state index contributed by atoms with van der Waals surface area (Å²) in [5.74, 6) is 1.05. The van der Waals surface area contributed by atoms with Crippen LogP contribution in [-0.4, -0.2) is 43.8 Å². The van der Waals surface area contributed by atoms with Crippen molar-refractivity contribution >= 4 is 15.9 Å². The van der Waals surface area contributed by atoms with Gasteiger partial charge < -0.3 is 14.6 Å². The molecule has 0 spiro atoms. The Bertz CT molecular complexity index is 1100. The van der Waals surface area contributed by atoms with Crippen LogP contribution in [0.25, 0.3) is 6.08 Å². The molecule has 0 unspecified atom stereocenters. The second-order valence-electron chi connectivity index (χ2n) is 8.43. The van der Waals surface area contributed by atoms with E-state index in [0.29, 0.717) is 0 Å². The van der Waals surface area contributed by atoms with Crippen LogP contribution in [0.15, 0.2) is 71.3 Å². The average Bonchev–Trinajstić information content (AvgIpc) is 3.32. The first-order valence-corrected chi connectivity index (χ1v) is 12.9. The average molecular weight is 455 g/mol. The molecule has 1 N–H and O–H groups in total. The molecule has 0 saturated carbocycles. The first-order chi connectivity index (χ1) is 15.5. The summed E-state index contributed by atoms with van der Waals surface area (Å²) >= 11 is 0. The molecule has 2 heterocycles. The number of phenolic OH excluding ortho intramolecular Hbond substituents is 1. The second-order valence-corrected chi connectivity index (χ2v) is 10.6. The van der Waals surface area contributed by atoms with Gasteiger partial charge in [0.15, 0.2) is 9.84 Å². The maximum Gasteiger partial charge on any atom is 0.163 e. The van der Waals surface area contributed by atoms with Crippen molar-refractivity contribution in [3.63, 3.8) is 0 Å². The van der Waals surface area contributed by atoms with Crippen LogP contribution in [-0.2, 0) is 14.6 Å². The highest BCUT2D eigenvalue weighted by Gasteiger charge is 2.46. The van der Waals surface area contributed by atoms with Crippen LogP contribution in [0, 0.1) is 0 Å². The van der Waals surface area contributed by atoms with Crippen molar-refractivity contribution in [2.75, 3.05) is 19.0 Å². The number of hydrogen-bond donors (Lipinski definition) is 1. The van der Waals surface area contributed by atoms with Crippen LogP contribution in [0.3, 0.4) is 0 Å². The minimum Gasteiger partial charge on any atom is -0.507 e. The minimum absolute atomic E-state index is 0.0508. The summed E-state index contributed by atoms with van der Waals surface area (Å²) in [4.78, 5) is 0. The van der Waals surface area contributed by atoms with Crippen LogP contribution in [0.2, 0.25) is 0 Å². The number of ether oxygens (including phenoxy) is 2. The van der Waals surface area contributed by atoms with Crippen molar-refractivity contribution in [2.45, 2.75) is 44.0 Å². The zero-order valence-corrected chi connectivity index (χ0v) is 19.2. The Balaban J connectivity index is 1.50. The largest absolute Gasteiger partial charge is 0.507 e. The van der Waals surface area contributed by atoms with E-state index in [1.54, 1.807) is 6.07 Å². The first kappa shape index (κ1) is 22.6. The molecule has 2 aromatic rings. The Morgan fingerprint density at radius 3 is 2.62 bits per heavy atom. The van der Waals surface area contributed by atoms with E-state index in [2.05, 4.69) is 6.92 Å². The number of para-hydroxylation sites is 2. The normalized spacial score (nSPS) is 22.2. The summed E-state index contributed by atoms with van der Waals surface area (Å²) in [6.07, 6.45) is 5.26. The van der Waals surface area contributed by atoms with Gasteiger partial charge >= 0.3 is 0 Å². The van der Waals surface area contributed by atoms with Gasteiger partial charge in [-0.25, -0.2) is 8.42 Å². The van der Waals surface area contributed by atoms with Gasteiger partial charge in [-0.2, -0.15) is 0 Å². The molecule has 2 atom stereocenters. The van der Waals surface area contributed by atoms with E-state index >= 15 is 0 Å². The number of sulfone groups is 1. The van der Waals surface area contributed by atoms with Crippen molar-refractivity contribution in [1.82, 2.24) is 0 Å². The lowest BCUT2D eigenvalue weighted by atomic mass is 9.95. The smallest absolute Gasteiger partial charge is 0.163 e. The van der Waals surface area contributed by atoms with Crippen LogP contribution < -0.4 is 4.74 Å². The Morgan fingerprint density at radius 1 is 1.12 bits per heavy atom. The Kier molecular flexibility index (Phi) is 7.01. The molecule has 0 aliphatic carbocycles. The molecule has 2 aliphatic heterocycles. The standard InChI is InChI=1S/C26H30O5S/c1-2-8-19(15-20-9-6-7-12-23(20)27)13-14-24-26-21(16-30-22-10-4-3-5-11-22)18-32(28,29)25(26)17-31-24/h3-7,9-12,15,24-25,27H,2,8,13-14,16-18H2,1H3/b19-15+/t24-,25+/m1/s1. The van der Waals surface area contributed by atoms with Gasteiger partial charge in [-0.05, 0) is 48.6 Å². The highest BCUT2D eigenvalue weighted by atomic mass is 32.2. The lowest BCUT2D eigenvalue weighted by molar-refractivity contribution is 0.117. The van der Waals surface area contributed by atoms with Crippen LogP contribution >= 0.6 is 0 Å². The third-order valence-electron chi connectivity index (χ3n) is 6.11. The molecule has 0 bridgehead atoms. The number of allylic oxidation sites excluding steroid dienone is 1. The van der Waals surface area contributed by atoms with Gasteiger partial charge in [0.2, 0.25) is 0 Å². The predicted octanol–water partition coefficient (Wildman–Crippen LogP) is 4.93. The van der Waals surface area contributed by atoms with Gasteiger partial charge in [0.25, 0.3) is 0 Å². The van der Waals surface area contributed by atoms with Crippen molar-refractivity contribution < 1.29 is 23.0 Å². The van der Waals surface area contributed by atoms with Gasteiger partial charge in [0.05, 0.1) is 18.5 Å². The molecule has 32 heavy (non-hydrogen) atoms. The maximum atomic E-state index is 12.7. The third kappa shape index (κ3) is 5.08. The number of rotatable bonds is 9. The SMILES string of the molecule is CCC/C(=C\c1ccccc1O)CC[C@H]1OC[C@H]2C1=C(COc1ccccc1)CS2(=O)=O. The molecule has 2 aromatic carbocycles. The molecular weight excluding hydrogens is 424 g/mol. The molecule has 2 aliphatic rings. The molecule has 5 nitrogen and oxygen atoms in total. The fourth-order valence-corrected chi connectivity index (χ4v) is 6.49. The van der Waals surface area contributed by atoms with Crippen molar-refractivity contribution in [3.8, 4) is 11.5 Å². The van der Waals surface area contributed by atoms with Gasteiger partial charge in [0, 0.05) is 5.56 Å². The van der Waals surface area contributed by atoms with E-state index in [4.69, 9.17) is 9.47 Å². The number of aromatic hydroxyl groups is 1. The predicted molar refractivity (Wildman–Crippen MR) is 127 cm³/mol. The Hall–Kier alpha value is -2.57. The van der Waals surface area contributed by atoms with Crippen molar-refractivity contribution in [3.05, 3.63) is 76.9 Å². The molecule has 1 fully saturated rings. The molecule has 0 amide bonds. The zero-order chi connectivity index (χ0) is 22.6. The fraction of sp³-hybridized carbons (Fsp3) is 0.385. The Morgan fingerprint density at radius 2 is 1.88 bits per heavy atom. The lowest BCUT2D eigenvalue weighted by Gasteiger charge is -2.16. The summed E-state index contributed by atoms with van der Waals surface area (Å²) in [5, 5.41) is 9.58. The van der Waals surface area contributed by atoms with E-state index in [1.807, 2.05) is 54.6 Å². The zero-order valence-electron chi connectivity index (χ0n) is 18.4. The van der Waals surface area contributed by atoms with E-state index < -0.39 is 15.1 Å². The van der Waals surface area contributed by atoms with Crippen LogP contribution in [0.1, 0.15) is 38.2 Å². The fourth-order valence-electron chi connectivity index (χ4n) is 4.56. The third-order valence-corrected chi connectivity index (χ3v) is 8.12. The Labute approximate surface area is 190 Å². The van der Waals surface area contributed by atoms with Gasteiger partial charge in [-0.15, -0.1) is 0 Å². The molecule has 170 valence electrons. The highest BCUT2D eigenvalue weighted by Crippen LogP contribution is 2.39. The summed E-state index contributed by atoms with van der Waals surface area (Å²) in [5.41, 5.74) is 3.77. The van der Waals surface area contributed by atoms with E-state index in [9.17, 15) is 13.5 Å². The number of benzene rings is 2. The van der Waals surface area contributed by atoms with Crippen molar-refractivity contribution in [1.29, 1.82) is 0 Å². The van der Waals surface area contributed by atoms with Crippen LogP contribution in [0.5, 0.6) is 11.5 Å². The highest BCUT2D eigenvalue weighted by molar-refractivity contribution is 7.92. The van der Waals surface area contributed by atoms with Crippen LogP contribution in [0.4, 0.5) is 0 Å².